The van der Waals surface area contributed by atoms with Crippen molar-refractivity contribution >= 4 is 19.0 Å². The van der Waals surface area contributed by atoms with E-state index in [1.54, 1.807) is 0 Å². The molecule has 112 valence electrons. The molecule has 0 bridgehead atoms. The summed E-state index contributed by atoms with van der Waals surface area (Å²) in [6.07, 6.45) is 0. The highest BCUT2D eigenvalue weighted by molar-refractivity contribution is 6.76. The summed E-state index contributed by atoms with van der Waals surface area (Å²) in [6.45, 7) is 8.20. The van der Waals surface area contributed by atoms with E-state index in [2.05, 4.69) is 24.7 Å². The van der Waals surface area contributed by atoms with E-state index in [4.69, 9.17) is 4.74 Å². The lowest BCUT2D eigenvalue weighted by Crippen LogP contribution is -2.22. The van der Waals surface area contributed by atoms with Gasteiger partial charge in [0.15, 0.2) is 0 Å². The maximum Gasteiger partial charge on any atom is 0.140 e. The molecule has 0 aliphatic heterocycles. The van der Waals surface area contributed by atoms with Crippen LogP contribution in [0.1, 0.15) is 5.69 Å². The van der Waals surface area contributed by atoms with Crippen LogP contribution in [0.4, 0.5) is 0 Å². The number of aromatic nitrogens is 2. The molecule has 2 aromatic rings. The van der Waals surface area contributed by atoms with Crippen molar-refractivity contribution in [3.63, 3.8) is 0 Å². The lowest BCUT2D eigenvalue weighted by Gasteiger charge is -2.15. The molecule has 6 heteroatoms. The maximum absolute atomic E-state index is 9.32. The standard InChI is InChI=1S/C14H22N2O2Si.H3N/c1-19(2,3)9-8-18-11-16-14-7-5-4-6-12(14)13(10-17)15-16;/h4-7,17H,8-11H2,1-3H3;1H3. The smallest absolute Gasteiger partial charge is 0.140 e. The minimum absolute atomic E-state index is 0. The molecule has 0 aliphatic carbocycles. The Labute approximate surface area is 121 Å². The van der Waals surface area contributed by atoms with Crippen LogP contribution in [0, 0.1) is 0 Å². The average molecular weight is 295 g/mol. The highest BCUT2D eigenvalue weighted by Crippen LogP contribution is 2.18. The molecule has 1 aromatic heterocycles. The topological polar surface area (TPSA) is 82.3 Å². The first-order valence-electron chi connectivity index (χ1n) is 6.64. The first kappa shape index (κ1) is 16.8. The van der Waals surface area contributed by atoms with E-state index in [1.807, 2.05) is 28.9 Å². The van der Waals surface area contributed by atoms with Crippen LogP contribution < -0.4 is 6.15 Å². The molecule has 1 aromatic carbocycles. The summed E-state index contributed by atoms with van der Waals surface area (Å²) < 4.78 is 7.54. The number of para-hydroxylation sites is 1. The zero-order chi connectivity index (χ0) is 13.9. The Kier molecular flexibility index (Phi) is 5.88. The Hall–Kier alpha value is -1.21. The third kappa shape index (κ3) is 4.14. The van der Waals surface area contributed by atoms with Gasteiger partial charge in [-0.1, -0.05) is 37.8 Å². The first-order chi connectivity index (χ1) is 9.01. The van der Waals surface area contributed by atoms with Gasteiger partial charge in [-0.2, -0.15) is 5.10 Å². The van der Waals surface area contributed by atoms with Crippen LogP contribution in [-0.2, 0) is 18.1 Å². The fourth-order valence-corrected chi connectivity index (χ4v) is 2.70. The Morgan fingerprint density at radius 2 is 1.95 bits per heavy atom. The molecule has 0 aliphatic rings. The molecule has 0 unspecified atom stereocenters. The van der Waals surface area contributed by atoms with E-state index < -0.39 is 8.07 Å². The molecule has 1 heterocycles. The van der Waals surface area contributed by atoms with Crippen LogP contribution in [0.2, 0.25) is 25.7 Å². The van der Waals surface area contributed by atoms with Crippen molar-refractivity contribution in [2.45, 2.75) is 39.0 Å². The Bertz CT molecular complexity index is 549. The lowest BCUT2D eigenvalue weighted by molar-refractivity contribution is 0.0809. The van der Waals surface area contributed by atoms with Gasteiger partial charge in [-0.15, -0.1) is 0 Å². The Balaban J connectivity index is 0.00000200. The SMILES string of the molecule is C[Si](C)(C)CCOCn1nc(CO)c2ccccc21.N. The summed E-state index contributed by atoms with van der Waals surface area (Å²) in [7, 11) is -1.05. The highest BCUT2D eigenvalue weighted by atomic mass is 28.3. The van der Waals surface area contributed by atoms with Gasteiger partial charge in [0.2, 0.25) is 0 Å². The van der Waals surface area contributed by atoms with E-state index in [0.29, 0.717) is 12.4 Å². The van der Waals surface area contributed by atoms with Crippen LogP contribution in [-0.4, -0.2) is 29.6 Å². The maximum atomic E-state index is 9.32. The number of nitrogens with zero attached hydrogens (tertiary/aromatic N) is 2. The third-order valence-corrected chi connectivity index (χ3v) is 4.80. The summed E-state index contributed by atoms with van der Waals surface area (Å²) >= 11 is 0. The predicted octanol–water partition coefficient (Wildman–Crippen LogP) is 3.00. The normalized spacial score (nSPS) is 11.6. The van der Waals surface area contributed by atoms with Gasteiger partial charge in [0.25, 0.3) is 0 Å². The molecule has 0 fully saturated rings. The number of fused-ring (bicyclic) bond motifs is 1. The fraction of sp³-hybridized carbons (Fsp3) is 0.500. The third-order valence-electron chi connectivity index (χ3n) is 3.09. The summed E-state index contributed by atoms with van der Waals surface area (Å²) in [5, 5.41) is 14.7. The van der Waals surface area contributed by atoms with E-state index in [-0.39, 0.29) is 12.8 Å². The van der Waals surface area contributed by atoms with Gasteiger partial charge >= 0.3 is 0 Å². The van der Waals surface area contributed by atoms with Gasteiger partial charge in [0, 0.05) is 20.1 Å². The molecular weight excluding hydrogens is 270 g/mol. The number of aliphatic hydroxyl groups excluding tert-OH is 1. The Morgan fingerprint density at radius 3 is 2.60 bits per heavy atom. The van der Waals surface area contributed by atoms with Crippen LogP contribution in [0.25, 0.3) is 10.9 Å². The van der Waals surface area contributed by atoms with Crippen molar-refractivity contribution in [1.29, 1.82) is 0 Å². The second-order valence-electron chi connectivity index (χ2n) is 5.97. The van der Waals surface area contributed by atoms with Gasteiger partial charge in [-0.05, 0) is 12.1 Å². The minimum Gasteiger partial charge on any atom is -0.390 e. The number of benzene rings is 1. The summed E-state index contributed by atoms with van der Waals surface area (Å²) in [6, 6.07) is 9.07. The average Bonchev–Trinajstić information content (AvgIpc) is 2.72. The molecule has 4 N–H and O–H groups in total. The second-order valence-corrected chi connectivity index (χ2v) is 11.6. The van der Waals surface area contributed by atoms with Gasteiger partial charge in [-0.25, -0.2) is 4.68 Å². The van der Waals surface area contributed by atoms with Crippen molar-refractivity contribution in [3.8, 4) is 0 Å². The van der Waals surface area contributed by atoms with E-state index in [0.717, 1.165) is 23.6 Å². The molecule has 5 nitrogen and oxygen atoms in total. The number of rotatable bonds is 6. The largest absolute Gasteiger partial charge is 0.390 e. The van der Waals surface area contributed by atoms with Crippen LogP contribution in [0.15, 0.2) is 24.3 Å². The van der Waals surface area contributed by atoms with Gasteiger partial charge in [-0.3, -0.25) is 0 Å². The van der Waals surface area contributed by atoms with Crippen molar-refractivity contribution < 1.29 is 9.84 Å². The molecule has 0 saturated carbocycles. The fourth-order valence-electron chi connectivity index (χ4n) is 1.94. The molecule has 0 atom stereocenters. The molecule has 20 heavy (non-hydrogen) atoms. The summed E-state index contributed by atoms with van der Waals surface area (Å²) in [5.74, 6) is 0. The van der Waals surface area contributed by atoms with Crippen LogP contribution in [0.3, 0.4) is 0 Å². The number of aliphatic hydroxyl groups is 1. The first-order valence-corrected chi connectivity index (χ1v) is 10.3. The number of hydrogen-bond acceptors (Lipinski definition) is 4. The molecule has 0 radical (unpaired) electrons. The second kappa shape index (κ2) is 6.99. The number of ether oxygens (including phenoxy) is 1. The van der Waals surface area contributed by atoms with Gasteiger partial charge < -0.3 is 16.0 Å². The Morgan fingerprint density at radius 1 is 1.25 bits per heavy atom. The summed E-state index contributed by atoms with van der Waals surface area (Å²) in [5.41, 5.74) is 1.73. The van der Waals surface area contributed by atoms with Gasteiger partial charge in [0.1, 0.15) is 6.73 Å². The molecule has 0 amide bonds. The van der Waals surface area contributed by atoms with Gasteiger partial charge in [0.05, 0.1) is 17.8 Å². The zero-order valence-corrected chi connectivity index (χ0v) is 13.6. The number of hydrogen-bond donors (Lipinski definition) is 2. The molecule has 0 saturated heterocycles. The molecule has 2 rings (SSSR count). The molecule has 0 spiro atoms. The lowest BCUT2D eigenvalue weighted by atomic mass is 10.2. The highest BCUT2D eigenvalue weighted by Gasteiger charge is 2.13. The predicted molar refractivity (Wildman–Crippen MR) is 84.8 cm³/mol. The minimum atomic E-state index is -1.05. The monoisotopic (exact) mass is 295 g/mol. The van der Waals surface area contributed by atoms with Crippen molar-refractivity contribution in [2.24, 2.45) is 0 Å². The molecular formula is C14H25N3O2Si. The van der Waals surface area contributed by atoms with Crippen molar-refractivity contribution in [1.82, 2.24) is 15.9 Å². The van der Waals surface area contributed by atoms with Crippen LogP contribution >= 0.6 is 0 Å². The van der Waals surface area contributed by atoms with Crippen LogP contribution in [0.5, 0.6) is 0 Å². The van der Waals surface area contributed by atoms with E-state index in [1.165, 1.54) is 0 Å². The van der Waals surface area contributed by atoms with E-state index in [9.17, 15) is 5.11 Å². The zero-order valence-electron chi connectivity index (χ0n) is 12.6. The van der Waals surface area contributed by atoms with Crippen molar-refractivity contribution in [2.75, 3.05) is 6.61 Å². The van der Waals surface area contributed by atoms with Crippen molar-refractivity contribution in [3.05, 3.63) is 30.0 Å². The van der Waals surface area contributed by atoms with E-state index >= 15 is 0 Å². The quantitative estimate of drug-likeness (QED) is 0.634. The summed E-state index contributed by atoms with van der Waals surface area (Å²) in [4.78, 5) is 0.